The van der Waals surface area contributed by atoms with Crippen molar-refractivity contribution in [2.45, 2.75) is 36.6 Å². The van der Waals surface area contributed by atoms with Crippen LogP contribution >= 0.6 is 11.8 Å². The fraction of sp³-hybridized carbons (Fsp3) is 0.368. The zero-order chi connectivity index (χ0) is 14.7. The molecule has 1 N–H and O–H groups in total. The van der Waals surface area contributed by atoms with E-state index in [9.17, 15) is 0 Å². The molecule has 2 heteroatoms. The molecule has 1 aliphatic carbocycles. The molecule has 0 fully saturated rings. The fourth-order valence-electron chi connectivity index (χ4n) is 3.21. The summed E-state index contributed by atoms with van der Waals surface area (Å²) >= 11 is 1.79. The van der Waals surface area contributed by atoms with Crippen molar-refractivity contribution in [2.24, 2.45) is 0 Å². The Hall–Kier alpha value is -1.25. The van der Waals surface area contributed by atoms with E-state index >= 15 is 0 Å². The number of aryl methyl sites for hydroxylation is 2. The summed E-state index contributed by atoms with van der Waals surface area (Å²) in [4.78, 5) is 1.33. The lowest BCUT2D eigenvalue weighted by Gasteiger charge is -2.18. The number of benzene rings is 2. The third kappa shape index (κ3) is 3.33. The molecule has 21 heavy (non-hydrogen) atoms. The van der Waals surface area contributed by atoms with E-state index in [1.807, 2.05) is 0 Å². The molecule has 1 nitrogen and oxygen atoms in total. The molecular weight excluding hydrogens is 274 g/mol. The number of thioether (sulfide) groups is 1. The first-order valence-electron chi connectivity index (χ1n) is 7.72. The molecular formula is C19H23NS. The van der Waals surface area contributed by atoms with Gasteiger partial charge in [0.2, 0.25) is 0 Å². The number of fused-ring (bicyclic) bond motifs is 1. The Bertz CT molecular complexity index is 603. The van der Waals surface area contributed by atoms with Gasteiger partial charge in [-0.15, -0.1) is 11.8 Å². The minimum absolute atomic E-state index is 0.389. The molecule has 3 rings (SSSR count). The minimum Gasteiger partial charge on any atom is -0.313 e. The Morgan fingerprint density at radius 1 is 1.05 bits per heavy atom. The number of hydrogen-bond acceptors (Lipinski definition) is 2. The van der Waals surface area contributed by atoms with Crippen molar-refractivity contribution in [1.29, 1.82) is 0 Å². The van der Waals surface area contributed by atoms with Crippen LogP contribution in [0.1, 0.15) is 34.7 Å². The fourth-order valence-corrected chi connectivity index (χ4v) is 3.62. The molecule has 1 atom stereocenters. The molecule has 0 radical (unpaired) electrons. The first kappa shape index (κ1) is 14.7. The third-order valence-corrected chi connectivity index (χ3v) is 5.21. The van der Waals surface area contributed by atoms with E-state index in [-0.39, 0.29) is 0 Å². The van der Waals surface area contributed by atoms with Crippen LogP contribution in [0.5, 0.6) is 0 Å². The maximum absolute atomic E-state index is 3.47. The average Bonchev–Trinajstić information content (AvgIpc) is 3.00. The molecule has 0 heterocycles. The maximum Gasteiger partial charge on any atom is 0.0358 e. The van der Waals surface area contributed by atoms with Gasteiger partial charge in [-0.05, 0) is 73.4 Å². The lowest BCUT2D eigenvalue weighted by Crippen LogP contribution is -2.18. The van der Waals surface area contributed by atoms with Crippen LogP contribution in [0.2, 0.25) is 0 Å². The predicted molar refractivity (Wildman–Crippen MR) is 92.2 cm³/mol. The molecule has 1 aliphatic rings. The summed E-state index contributed by atoms with van der Waals surface area (Å²) in [5, 5.41) is 3.47. The van der Waals surface area contributed by atoms with E-state index in [2.05, 4.69) is 61.1 Å². The van der Waals surface area contributed by atoms with Crippen molar-refractivity contribution >= 4 is 11.8 Å². The Morgan fingerprint density at radius 3 is 2.52 bits per heavy atom. The van der Waals surface area contributed by atoms with Crippen LogP contribution in [-0.4, -0.2) is 13.3 Å². The summed E-state index contributed by atoms with van der Waals surface area (Å²) < 4.78 is 0. The lowest BCUT2D eigenvalue weighted by atomic mass is 9.97. The zero-order valence-electron chi connectivity index (χ0n) is 12.9. The van der Waals surface area contributed by atoms with Gasteiger partial charge in [0.15, 0.2) is 0 Å². The monoisotopic (exact) mass is 297 g/mol. The van der Waals surface area contributed by atoms with Crippen molar-refractivity contribution in [3.63, 3.8) is 0 Å². The SMILES string of the molecule is CNC(Cc1ccc2c(c1)CCC2)c1ccc(SC)cc1. The molecule has 0 amide bonds. The highest BCUT2D eigenvalue weighted by atomic mass is 32.2. The largest absolute Gasteiger partial charge is 0.313 e. The Kier molecular flexibility index (Phi) is 4.67. The van der Waals surface area contributed by atoms with Crippen LogP contribution in [0.25, 0.3) is 0 Å². The van der Waals surface area contributed by atoms with E-state index in [1.165, 1.54) is 35.3 Å². The van der Waals surface area contributed by atoms with Gasteiger partial charge in [-0.3, -0.25) is 0 Å². The number of nitrogens with one attached hydrogen (secondary N) is 1. The predicted octanol–water partition coefficient (Wildman–Crippen LogP) is 4.40. The molecule has 2 aromatic carbocycles. The molecule has 0 saturated heterocycles. The van der Waals surface area contributed by atoms with Crippen LogP contribution in [0, 0.1) is 0 Å². The van der Waals surface area contributed by atoms with Gasteiger partial charge in [-0.25, -0.2) is 0 Å². The normalized spacial score (nSPS) is 15.0. The van der Waals surface area contributed by atoms with E-state index < -0.39 is 0 Å². The topological polar surface area (TPSA) is 12.0 Å². The molecule has 0 bridgehead atoms. The molecule has 2 aromatic rings. The number of likely N-dealkylation sites (N-methyl/N-ethyl adjacent to an activating group) is 1. The first-order chi connectivity index (χ1) is 10.3. The van der Waals surface area contributed by atoms with Crippen molar-refractivity contribution in [1.82, 2.24) is 5.32 Å². The molecule has 0 aromatic heterocycles. The second kappa shape index (κ2) is 6.67. The van der Waals surface area contributed by atoms with Gasteiger partial charge in [-0.1, -0.05) is 30.3 Å². The van der Waals surface area contributed by atoms with E-state index in [0.717, 1.165) is 6.42 Å². The van der Waals surface area contributed by atoms with Crippen LogP contribution in [-0.2, 0) is 19.3 Å². The highest BCUT2D eigenvalue weighted by Crippen LogP contribution is 2.26. The Balaban J connectivity index is 1.77. The van der Waals surface area contributed by atoms with Crippen molar-refractivity contribution in [2.75, 3.05) is 13.3 Å². The second-order valence-corrected chi connectivity index (χ2v) is 6.65. The summed E-state index contributed by atoms with van der Waals surface area (Å²) in [7, 11) is 2.06. The zero-order valence-corrected chi connectivity index (χ0v) is 13.7. The first-order valence-corrected chi connectivity index (χ1v) is 8.94. The van der Waals surface area contributed by atoms with Crippen LogP contribution in [0.4, 0.5) is 0 Å². The number of rotatable bonds is 5. The van der Waals surface area contributed by atoms with E-state index in [4.69, 9.17) is 0 Å². The van der Waals surface area contributed by atoms with Gasteiger partial charge < -0.3 is 5.32 Å². The van der Waals surface area contributed by atoms with Crippen LogP contribution in [0.15, 0.2) is 47.4 Å². The van der Waals surface area contributed by atoms with Crippen molar-refractivity contribution in [3.05, 3.63) is 64.7 Å². The standard InChI is InChI=1S/C19H23NS/c1-20-19(16-8-10-18(21-2)11-9-16)13-14-6-7-15-4-3-5-17(15)12-14/h6-12,19-20H,3-5,13H2,1-2H3. The summed E-state index contributed by atoms with van der Waals surface area (Å²) in [5.41, 5.74) is 5.95. The van der Waals surface area contributed by atoms with Crippen LogP contribution < -0.4 is 5.32 Å². The smallest absolute Gasteiger partial charge is 0.0358 e. The van der Waals surface area contributed by atoms with Gasteiger partial charge in [0.25, 0.3) is 0 Å². The van der Waals surface area contributed by atoms with Crippen molar-refractivity contribution < 1.29 is 0 Å². The average molecular weight is 297 g/mol. The summed E-state index contributed by atoms with van der Waals surface area (Å²) in [6.07, 6.45) is 7.03. The summed E-state index contributed by atoms with van der Waals surface area (Å²) in [5.74, 6) is 0. The lowest BCUT2D eigenvalue weighted by molar-refractivity contribution is 0.591. The molecule has 0 saturated carbocycles. The summed E-state index contributed by atoms with van der Waals surface area (Å²) in [6.45, 7) is 0. The van der Waals surface area contributed by atoms with Crippen molar-refractivity contribution in [3.8, 4) is 0 Å². The van der Waals surface area contributed by atoms with E-state index in [0.29, 0.717) is 6.04 Å². The van der Waals surface area contributed by atoms with E-state index in [1.54, 1.807) is 22.9 Å². The van der Waals surface area contributed by atoms with Crippen LogP contribution in [0.3, 0.4) is 0 Å². The Morgan fingerprint density at radius 2 is 1.81 bits per heavy atom. The molecule has 0 spiro atoms. The Labute approximate surface area is 132 Å². The quantitative estimate of drug-likeness (QED) is 0.821. The second-order valence-electron chi connectivity index (χ2n) is 5.78. The number of hydrogen-bond donors (Lipinski definition) is 1. The minimum atomic E-state index is 0.389. The van der Waals surface area contributed by atoms with Gasteiger partial charge in [0, 0.05) is 10.9 Å². The van der Waals surface area contributed by atoms with Gasteiger partial charge >= 0.3 is 0 Å². The van der Waals surface area contributed by atoms with Gasteiger partial charge in [0.05, 0.1) is 0 Å². The molecule has 0 aliphatic heterocycles. The maximum atomic E-state index is 3.47. The van der Waals surface area contributed by atoms with Gasteiger partial charge in [0.1, 0.15) is 0 Å². The molecule has 1 unspecified atom stereocenters. The van der Waals surface area contributed by atoms with Gasteiger partial charge in [-0.2, -0.15) is 0 Å². The molecule has 110 valence electrons. The highest BCUT2D eigenvalue weighted by Gasteiger charge is 2.14. The summed E-state index contributed by atoms with van der Waals surface area (Å²) in [6, 6.07) is 16.4. The highest BCUT2D eigenvalue weighted by molar-refractivity contribution is 7.98. The third-order valence-electron chi connectivity index (χ3n) is 4.47.